The maximum absolute atomic E-state index is 5.45. The third-order valence-electron chi connectivity index (χ3n) is 4.75. The van der Waals surface area contributed by atoms with Gasteiger partial charge in [0.15, 0.2) is 0 Å². The molecule has 1 aromatic carbocycles. The molecule has 1 aliphatic rings. The van der Waals surface area contributed by atoms with Crippen LogP contribution in [0.2, 0.25) is 0 Å². The SMILES string of the molecule is c1cncc(-c2ccc(Cc3ccn(C4CCOCC4)c3)cc2)c1. The highest BCUT2D eigenvalue weighted by Crippen LogP contribution is 2.23. The van der Waals surface area contributed by atoms with E-state index < -0.39 is 0 Å². The minimum absolute atomic E-state index is 0.598. The van der Waals surface area contributed by atoms with Crippen molar-refractivity contribution >= 4 is 0 Å². The Morgan fingerprint density at radius 2 is 1.79 bits per heavy atom. The Hall–Kier alpha value is -2.39. The Bertz CT molecular complexity index is 771. The first-order chi connectivity index (χ1) is 11.9. The molecule has 0 N–H and O–H groups in total. The zero-order valence-corrected chi connectivity index (χ0v) is 13.8. The number of rotatable bonds is 4. The molecule has 0 spiro atoms. The van der Waals surface area contributed by atoms with Gasteiger partial charge in [-0.15, -0.1) is 0 Å². The average Bonchev–Trinajstić information content (AvgIpc) is 3.12. The predicted molar refractivity (Wildman–Crippen MR) is 96.0 cm³/mol. The Balaban J connectivity index is 1.45. The first-order valence-corrected chi connectivity index (χ1v) is 8.62. The number of ether oxygens (including phenoxy) is 1. The highest BCUT2D eigenvalue weighted by molar-refractivity contribution is 5.62. The Kier molecular flexibility index (Phi) is 4.43. The monoisotopic (exact) mass is 318 g/mol. The normalized spacial score (nSPS) is 15.5. The second kappa shape index (κ2) is 7.02. The molecule has 1 fully saturated rings. The molecule has 0 radical (unpaired) electrons. The standard InChI is InChI=1S/C21H22N2O/c1-2-20(15-22-10-1)19-5-3-17(4-6-19)14-18-7-11-23(16-18)21-8-12-24-13-9-21/h1-7,10-11,15-16,21H,8-9,12-14H2. The predicted octanol–water partition coefficient (Wildman–Crippen LogP) is 4.49. The van der Waals surface area contributed by atoms with Gasteiger partial charge in [-0.2, -0.15) is 0 Å². The molecule has 0 saturated carbocycles. The van der Waals surface area contributed by atoms with Crippen LogP contribution >= 0.6 is 0 Å². The van der Waals surface area contributed by atoms with Gasteiger partial charge in [0, 0.05) is 44.0 Å². The largest absolute Gasteiger partial charge is 0.381 e. The van der Waals surface area contributed by atoms with Crippen molar-refractivity contribution < 1.29 is 4.74 Å². The van der Waals surface area contributed by atoms with Crippen molar-refractivity contribution in [3.8, 4) is 11.1 Å². The number of aromatic nitrogens is 2. The minimum Gasteiger partial charge on any atom is -0.381 e. The highest BCUT2D eigenvalue weighted by Gasteiger charge is 2.15. The number of hydrogen-bond acceptors (Lipinski definition) is 2. The second-order valence-corrected chi connectivity index (χ2v) is 6.43. The van der Waals surface area contributed by atoms with E-state index in [1.54, 1.807) is 6.20 Å². The fraction of sp³-hybridized carbons (Fsp3) is 0.286. The lowest BCUT2D eigenvalue weighted by atomic mass is 10.0. The summed E-state index contributed by atoms with van der Waals surface area (Å²) in [5.74, 6) is 0. The smallest absolute Gasteiger partial charge is 0.0485 e. The average molecular weight is 318 g/mol. The van der Waals surface area contributed by atoms with Gasteiger partial charge >= 0.3 is 0 Å². The molecule has 1 saturated heterocycles. The molecule has 0 bridgehead atoms. The summed E-state index contributed by atoms with van der Waals surface area (Å²) in [4.78, 5) is 4.19. The molecule has 2 aromatic heterocycles. The van der Waals surface area contributed by atoms with E-state index in [1.165, 1.54) is 16.7 Å². The molecule has 0 amide bonds. The molecule has 0 atom stereocenters. The maximum atomic E-state index is 5.45. The third kappa shape index (κ3) is 3.41. The van der Waals surface area contributed by atoms with Crippen molar-refractivity contribution in [3.05, 3.63) is 78.4 Å². The van der Waals surface area contributed by atoms with Crippen LogP contribution in [0.5, 0.6) is 0 Å². The van der Waals surface area contributed by atoms with E-state index in [0.717, 1.165) is 38.0 Å². The Morgan fingerprint density at radius 1 is 0.958 bits per heavy atom. The lowest BCUT2D eigenvalue weighted by molar-refractivity contribution is 0.0696. The van der Waals surface area contributed by atoms with Gasteiger partial charge in [-0.1, -0.05) is 30.3 Å². The topological polar surface area (TPSA) is 27.1 Å². The molecule has 3 heteroatoms. The van der Waals surface area contributed by atoms with Crippen LogP contribution < -0.4 is 0 Å². The number of benzene rings is 1. The molecule has 3 nitrogen and oxygen atoms in total. The molecule has 3 heterocycles. The lowest BCUT2D eigenvalue weighted by Crippen LogP contribution is -2.18. The van der Waals surface area contributed by atoms with Gasteiger partial charge in [0.25, 0.3) is 0 Å². The van der Waals surface area contributed by atoms with Gasteiger partial charge in [-0.25, -0.2) is 0 Å². The molecule has 1 aliphatic heterocycles. The molecule has 122 valence electrons. The Labute approximate surface area is 142 Å². The van der Waals surface area contributed by atoms with E-state index in [0.29, 0.717) is 6.04 Å². The fourth-order valence-corrected chi connectivity index (χ4v) is 3.36. The number of pyridine rings is 1. The van der Waals surface area contributed by atoms with Crippen LogP contribution in [0.3, 0.4) is 0 Å². The van der Waals surface area contributed by atoms with Crippen LogP contribution in [-0.2, 0) is 11.2 Å². The van der Waals surface area contributed by atoms with Crippen molar-refractivity contribution in [3.63, 3.8) is 0 Å². The zero-order chi connectivity index (χ0) is 16.2. The van der Waals surface area contributed by atoms with Crippen LogP contribution in [0.1, 0.15) is 30.0 Å². The van der Waals surface area contributed by atoms with Crippen LogP contribution in [0.25, 0.3) is 11.1 Å². The van der Waals surface area contributed by atoms with Crippen LogP contribution in [0.15, 0.2) is 67.3 Å². The highest BCUT2D eigenvalue weighted by atomic mass is 16.5. The van der Waals surface area contributed by atoms with Crippen molar-refractivity contribution in [1.82, 2.24) is 9.55 Å². The van der Waals surface area contributed by atoms with Gasteiger partial charge in [-0.05, 0) is 53.6 Å². The van der Waals surface area contributed by atoms with Crippen molar-refractivity contribution in [2.75, 3.05) is 13.2 Å². The summed E-state index contributed by atoms with van der Waals surface area (Å²) < 4.78 is 7.82. The van der Waals surface area contributed by atoms with Crippen molar-refractivity contribution in [2.24, 2.45) is 0 Å². The number of nitrogens with zero attached hydrogens (tertiary/aromatic N) is 2. The van der Waals surface area contributed by atoms with E-state index in [9.17, 15) is 0 Å². The molecule has 24 heavy (non-hydrogen) atoms. The van der Waals surface area contributed by atoms with Crippen LogP contribution in [-0.4, -0.2) is 22.8 Å². The third-order valence-corrected chi connectivity index (χ3v) is 4.75. The van der Waals surface area contributed by atoms with Gasteiger partial charge in [0.05, 0.1) is 0 Å². The zero-order valence-electron chi connectivity index (χ0n) is 13.8. The van der Waals surface area contributed by atoms with Gasteiger partial charge in [0.2, 0.25) is 0 Å². The second-order valence-electron chi connectivity index (χ2n) is 6.43. The summed E-state index contributed by atoms with van der Waals surface area (Å²) in [7, 11) is 0. The molecule has 0 unspecified atom stereocenters. The molecule has 0 aliphatic carbocycles. The summed E-state index contributed by atoms with van der Waals surface area (Å²) in [6, 6.07) is 15.7. The molecule has 3 aromatic rings. The molecule has 4 rings (SSSR count). The maximum Gasteiger partial charge on any atom is 0.0485 e. The van der Waals surface area contributed by atoms with Crippen molar-refractivity contribution in [2.45, 2.75) is 25.3 Å². The lowest BCUT2D eigenvalue weighted by Gasteiger charge is -2.23. The van der Waals surface area contributed by atoms with E-state index in [-0.39, 0.29) is 0 Å². The summed E-state index contributed by atoms with van der Waals surface area (Å²) in [6.07, 6.45) is 11.4. The minimum atomic E-state index is 0.598. The van der Waals surface area contributed by atoms with Crippen molar-refractivity contribution in [1.29, 1.82) is 0 Å². The van der Waals surface area contributed by atoms with Gasteiger partial charge in [-0.3, -0.25) is 4.98 Å². The fourth-order valence-electron chi connectivity index (χ4n) is 3.36. The van der Waals surface area contributed by atoms with E-state index in [4.69, 9.17) is 4.74 Å². The number of hydrogen-bond donors (Lipinski definition) is 0. The summed E-state index contributed by atoms with van der Waals surface area (Å²) in [5, 5.41) is 0. The first-order valence-electron chi connectivity index (χ1n) is 8.62. The van der Waals surface area contributed by atoms with E-state index in [1.807, 2.05) is 12.3 Å². The summed E-state index contributed by atoms with van der Waals surface area (Å²) in [5.41, 5.74) is 5.09. The Morgan fingerprint density at radius 3 is 2.54 bits per heavy atom. The van der Waals surface area contributed by atoms with Gasteiger partial charge in [0.1, 0.15) is 0 Å². The summed E-state index contributed by atoms with van der Waals surface area (Å²) in [6.45, 7) is 1.77. The van der Waals surface area contributed by atoms with Crippen LogP contribution in [0.4, 0.5) is 0 Å². The molecular weight excluding hydrogens is 296 g/mol. The summed E-state index contributed by atoms with van der Waals surface area (Å²) >= 11 is 0. The van der Waals surface area contributed by atoms with E-state index >= 15 is 0 Å². The van der Waals surface area contributed by atoms with Crippen LogP contribution in [0, 0.1) is 0 Å². The van der Waals surface area contributed by atoms with E-state index in [2.05, 4.69) is 58.3 Å². The quantitative estimate of drug-likeness (QED) is 0.708. The first kappa shape index (κ1) is 15.2. The molecular formula is C21H22N2O. The van der Waals surface area contributed by atoms with Gasteiger partial charge < -0.3 is 9.30 Å².